The van der Waals surface area contributed by atoms with Crippen molar-refractivity contribution in [1.29, 1.82) is 0 Å². The van der Waals surface area contributed by atoms with Crippen LogP contribution in [0.5, 0.6) is 0 Å². The number of rotatable bonds is 4. The molecular formula is C14H13ClN4S2. The highest BCUT2D eigenvalue weighted by Crippen LogP contribution is 2.26. The lowest BCUT2D eigenvalue weighted by molar-refractivity contribution is 0.793. The molecule has 0 radical (unpaired) electrons. The third-order valence-electron chi connectivity index (χ3n) is 2.95. The quantitative estimate of drug-likeness (QED) is 0.670. The fourth-order valence-corrected chi connectivity index (χ4v) is 3.55. The van der Waals surface area contributed by atoms with E-state index in [-0.39, 0.29) is 0 Å². The predicted molar refractivity (Wildman–Crippen MR) is 87.9 cm³/mol. The lowest BCUT2D eigenvalue weighted by Gasteiger charge is -2.03. The van der Waals surface area contributed by atoms with Gasteiger partial charge in [0, 0.05) is 28.8 Å². The van der Waals surface area contributed by atoms with Crippen LogP contribution in [0.15, 0.2) is 34.8 Å². The molecule has 21 heavy (non-hydrogen) atoms. The molecular weight excluding hydrogens is 324 g/mol. The number of hydrogen-bond acceptors (Lipinski definition) is 5. The van der Waals surface area contributed by atoms with Crippen molar-refractivity contribution in [3.05, 3.63) is 45.4 Å². The first-order valence-corrected chi connectivity index (χ1v) is 8.57. The van der Waals surface area contributed by atoms with Gasteiger partial charge in [0.2, 0.25) is 0 Å². The van der Waals surface area contributed by atoms with Gasteiger partial charge in [-0.2, -0.15) is 0 Å². The summed E-state index contributed by atoms with van der Waals surface area (Å²) < 4.78 is 1.99. The molecule has 0 N–H and O–H groups in total. The van der Waals surface area contributed by atoms with Crippen LogP contribution in [0.1, 0.15) is 10.7 Å². The van der Waals surface area contributed by atoms with E-state index in [1.54, 1.807) is 23.1 Å². The van der Waals surface area contributed by atoms with Crippen LogP contribution in [-0.4, -0.2) is 19.7 Å². The smallest absolute Gasteiger partial charge is 0.191 e. The molecule has 108 valence electrons. The Morgan fingerprint density at radius 1 is 1.24 bits per heavy atom. The maximum Gasteiger partial charge on any atom is 0.191 e. The first-order chi connectivity index (χ1) is 10.1. The van der Waals surface area contributed by atoms with Crippen LogP contribution in [0, 0.1) is 6.92 Å². The topological polar surface area (TPSA) is 43.6 Å². The molecule has 0 bridgehead atoms. The van der Waals surface area contributed by atoms with Gasteiger partial charge in [0.05, 0.1) is 10.7 Å². The number of halogens is 1. The molecule has 3 aromatic rings. The second-order valence-electron chi connectivity index (χ2n) is 4.52. The van der Waals surface area contributed by atoms with Gasteiger partial charge in [0.1, 0.15) is 0 Å². The molecule has 1 aromatic carbocycles. The first-order valence-electron chi connectivity index (χ1n) is 6.32. The number of aromatic nitrogens is 4. The highest BCUT2D eigenvalue weighted by atomic mass is 35.5. The van der Waals surface area contributed by atoms with Gasteiger partial charge in [-0.1, -0.05) is 23.4 Å². The average molecular weight is 337 g/mol. The third kappa shape index (κ3) is 3.28. The maximum absolute atomic E-state index is 5.91. The molecule has 2 heterocycles. The average Bonchev–Trinajstić information content (AvgIpc) is 3.04. The number of thioether (sulfide) groups is 1. The highest BCUT2D eigenvalue weighted by molar-refractivity contribution is 7.98. The second kappa shape index (κ2) is 6.17. The summed E-state index contributed by atoms with van der Waals surface area (Å²) in [7, 11) is 1.97. The fraction of sp³-hybridized carbons (Fsp3) is 0.214. The van der Waals surface area contributed by atoms with Gasteiger partial charge in [-0.3, -0.25) is 0 Å². The summed E-state index contributed by atoms with van der Waals surface area (Å²) in [6.07, 6.45) is 0. The van der Waals surface area contributed by atoms with Gasteiger partial charge in [0.25, 0.3) is 0 Å². The minimum atomic E-state index is 0.717. The third-order valence-corrected chi connectivity index (χ3v) is 5.08. The summed E-state index contributed by atoms with van der Waals surface area (Å²) in [5.41, 5.74) is 2.09. The predicted octanol–water partition coefficient (Wildman–Crippen LogP) is 4.19. The largest absolute Gasteiger partial charge is 0.305 e. The van der Waals surface area contributed by atoms with Gasteiger partial charge in [0.15, 0.2) is 11.0 Å². The SMILES string of the molecule is Cc1nc(CSc2nnc(-c3ccc(Cl)cc3)n2C)cs1. The van der Waals surface area contributed by atoms with Crippen molar-refractivity contribution in [2.45, 2.75) is 17.8 Å². The van der Waals surface area contributed by atoms with Crippen molar-refractivity contribution in [3.8, 4) is 11.4 Å². The molecule has 0 amide bonds. The normalized spacial score (nSPS) is 11.0. The van der Waals surface area contributed by atoms with Crippen molar-refractivity contribution in [2.75, 3.05) is 0 Å². The minimum absolute atomic E-state index is 0.717. The van der Waals surface area contributed by atoms with Crippen LogP contribution in [0.25, 0.3) is 11.4 Å². The van der Waals surface area contributed by atoms with Gasteiger partial charge >= 0.3 is 0 Å². The maximum atomic E-state index is 5.91. The fourth-order valence-electron chi connectivity index (χ4n) is 1.90. The monoisotopic (exact) mass is 336 g/mol. The molecule has 0 unspecified atom stereocenters. The van der Waals surface area contributed by atoms with Crippen LogP contribution in [0.4, 0.5) is 0 Å². The molecule has 0 aliphatic carbocycles. The van der Waals surface area contributed by atoms with E-state index in [4.69, 9.17) is 11.6 Å². The van der Waals surface area contributed by atoms with E-state index in [2.05, 4.69) is 20.6 Å². The van der Waals surface area contributed by atoms with E-state index in [9.17, 15) is 0 Å². The Bertz CT molecular complexity index is 749. The Morgan fingerprint density at radius 3 is 2.67 bits per heavy atom. The zero-order chi connectivity index (χ0) is 14.8. The van der Waals surface area contributed by atoms with Crippen molar-refractivity contribution in [3.63, 3.8) is 0 Å². The molecule has 0 aliphatic heterocycles. The van der Waals surface area contributed by atoms with Crippen LogP contribution in [0.2, 0.25) is 5.02 Å². The Labute approximate surface area is 136 Å². The minimum Gasteiger partial charge on any atom is -0.305 e. The van der Waals surface area contributed by atoms with Crippen molar-refractivity contribution >= 4 is 34.7 Å². The van der Waals surface area contributed by atoms with Crippen LogP contribution in [-0.2, 0) is 12.8 Å². The molecule has 0 saturated heterocycles. The summed E-state index contributed by atoms with van der Waals surface area (Å²) in [5, 5.41) is 13.3. The molecule has 7 heteroatoms. The highest BCUT2D eigenvalue weighted by Gasteiger charge is 2.11. The molecule has 3 rings (SSSR count). The summed E-state index contributed by atoms with van der Waals surface area (Å²) in [4.78, 5) is 4.46. The van der Waals surface area contributed by atoms with Crippen molar-refractivity contribution < 1.29 is 0 Å². The van der Waals surface area contributed by atoms with Gasteiger partial charge in [-0.15, -0.1) is 21.5 Å². The summed E-state index contributed by atoms with van der Waals surface area (Å²) in [5.74, 6) is 1.64. The van der Waals surface area contributed by atoms with E-state index in [0.717, 1.165) is 38.0 Å². The van der Waals surface area contributed by atoms with E-state index < -0.39 is 0 Å². The first kappa shape index (κ1) is 14.6. The lowest BCUT2D eigenvalue weighted by atomic mass is 10.2. The van der Waals surface area contributed by atoms with Gasteiger partial charge < -0.3 is 4.57 Å². The molecule has 0 saturated carbocycles. The number of hydrogen-bond donors (Lipinski definition) is 0. The molecule has 0 atom stereocenters. The Balaban J connectivity index is 1.77. The molecule has 0 fully saturated rings. The van der Waals surface area contributed by atoms with E-state index in [1.807, 2.05) is 42.8 Å². The second-order valence-corrected chi connectivity index (χ2v) is 6.96. The van der Waals surface area contributed by atoms with Crippen molar-refractivity contribution in [2.24, 2.45) is 7.05 Å². The number of aryl methyl sites for hydroxylation is 1. The number of nitrogens with zero attached hydrogens (tertiary/aromatic N) is 4. The van der Waals surface area contributed by atoms with Gasteiger partial charge in [-0.25, -0.2) is 4.98 Å². The van der Waals surface area contributed by atoms with Gasteiger partial charge in [-0.05, 0) is 31.2 Å². The number of thiazole rings is 1. The standard InChI is InChI=1S/C14H13ClN4S2/c1-9-16-12(7-20-9)8-21-14-18-17-13(19(14)2)10-3-5-11(15)6-4-10/h3-7H,8H2,1-2H3. The van der Waals surface area contributed by atoms with E-state index in [0.29, 0.717) is 0 Å². The Kier molecular flexibility index (Phi) is 4.28. The van der Waals surface area contributed by atoms with Crippen LogP contribution >= 0.6 is 34.7 Å². The van der Waals surface area contributed by atoms with Crippen LogP contribution in [0.3, 0.4) is 0 Å². The molecule has 2 aromatic heterocycles. The van der Waals surface area contributed by atoms with E-state index in [1.165, 1.54) is 0 Å². The number of benzene rings is 1. The molecule has 0 spiro atoms. The van der Waals surface area contributed by atoms with Crippen molar-refractivity contribution in [1.82, 2.24) is 19.7 Å². The Hall–Kier alpha value is -1.37. The summed E-state index contributed by atoms with van der Waals surface area (Å²) >= 11 is 9.22. The summed E-state index contributed by atoms with van der Waals surface area (Å²) in [6.45, 7) is 2.01. The Morgan fingerprint density at radius 2 is 2.00 bits per heavy atom. The van der Waals surface area contributed by atoms with Crippen LogP contribution < -0.4 is 0 Å². The molecule has 4 nitrogen and oxygen atoms in total. The zero-order valence-corrected chi connectivity index (χ0v) is 14.0. The summed E-state index contributed by atoms with van der Waals surface area (Å²) in [6, 6.07) is 7.61. The van der Waals surface area contributed by atoms with E-state index >= 15 is 0 Å². The lowest BCUT2D eigenvalue weighted by Crippen LogP contribution is -1.95. The zero-order valence-electron chi connectivity index (χ0n) is 11.6. The molecule has 0 aliphatic rings.